The van der Waals surface area contributed by atoms with Crippen LogP contribution in [0.5, 0.6) is 0 Å². The maximum absolute atomic E-state index is 12.4. The first-order chi connectivity index (χ1) is 8.65. The Morgan fingerprint density at radius 2 is 2.06 bits per heavy atom. The molecule has 4 heteroatoms. The van der Waals surface area contributed by atoms with Crippen LogP contribution in [0.1, 0.15) is 39.0 Å². The van der Waals surface area contributed by atoms with E-state index in [0.717, 1.165) is 12.3 Å². The Balaban J connectivity index is 1.87. The normalized spacial score (nSPS) is 29.3. The zero-order chi connectivity index (χ0) is 13.1. The summed E-state index contributed by atoms with van der Waals surface area (Å²) in [6, 6.07) is 0. The molecular formula is C14H23NO3. The van der Waals surface area contributed by atoms with Gasteiger partial charge in [0.15, 0.2) is 0 Å². The van der Waals surface area contributed by atoms with Gasteiger partial charge in [0.05, 0.1) is 13.5 Å². The predicted molar refractivity (Wildman–Crippen MR) is 67.8 cm³/mol. The molecule has 0 aromatic heterocycles. The number of hydrogen-bond acceptors (Lipinski definition) is 3. The Hall–Kier alpha value is -1.06. The van der Waals surface area contributed by atoms with Gasteiger partial charge in [0.2, 0.25) is 5.91 Å². The van der Waals surface area contributed by atoms with Crippen molar-refractivity contribution in [3.63, 3.8) is 0 Å². The van der Waals surface area contributed by atoms with Crippen LogP contribution in [0, 0.1) is 17.8 Å². The summed E-state index contributed by atoms with van der Waals surface area (Å²) in [5.41, 5.74) is 0. The number of esters is 1. The summed E-state index contributed by atoms with van der Waals surface area (Å²) in [5, 5.41) is 0. The van der Waals surface area contributed by atoms with Gasteiger partial charge < -0.3 is 9.64 Å². The third-order valence-corrected chi connectivity index (χ3v) is 4.56. The number of methoxy groups -OCH3 is 1. The molecule has 3 unspecified atom stereocenters. The van der Waals surface area contributed by atoms with E-state index in [1.807, 2.05) is 11.8 Å². The molecule has 2 saturated carbocycles. The molecule has 0 N–H and O–H groups in total. The summed E-state index contributed by atoms with van der Waals surface area (Å²) in [6.07, 6.45) is 5.14. The van der Waals surface area contributed by atoms with Gasteiger partial charge in [-0.25, -0.2) is 0 Å². The van der Waals surface area contributed by atoms with Crippen LogP contribution < -0.4 is 0 Å². The third-order valence-electron chi connectivity index (χ3n) is 4.56. The third kappa shape index (κ3) is 2.68. The van der Waals surface area contributed by atoms with Crippen LogP contribution in [0.25, 0.3) is 0 Å². The van der Waals surface area contributed by atoms with Gasteiger partial charge in [0.25, 0.3) is 0 Å². The Morgan fingerprint density at radius 1 is 1.28 bits per heavy atom. The highest BCUT2D eigenvalue weighted by Crippen LogP contribution is 2.48. The smallest absolute Gasteiger partial charge is 0.307 e. The van der Waals surface area contributed by atoms with Crippen molar-refractivity contribution in [2.24, 2.45) is 17.8 Å². The molecule has 0 aromatic carbocycles. The SMILES string of the molecule is CCN(CCC(=O)OC)C(=O)C1CC2CCC1C2. The summed E-state index contributed by atoms with van der Waals surface area (Å²) < 4.78 is 4.62. The van der Waals surface area contributed by atoms with E-state index in [1.165, 1.54) is 26.4 Å². The van der Waals surface area contributed by atoms with E-state index in [2.05, 4.69) is 4.74 Å². The monoisotopic (exact) mass is 253 g/mol. The molecule has 2 bridgehead atoms. The molecule has 0 aromatic rings. The van der Waals surface area contributed by atoms with E-state index in [9.17, 15) is 9.59 Å². The van der Waals surface area contributed by atoms with E-state index >= 15 is 0 Å². The van der Waals surface area contributed by atoms with Gasteiger partial charge in [-0.15, -0.1) is 0 Å². The van der Waals surface area contributed by atoms with Gasteiger partial charge >= 0.3 is 5.97 Å². The molecule has 0 radical (unpaired) electrons. The number of carbonyl (C=O) groups excluding carboxylic acids is 2. The van der Waals surface area contributed by atoms with Crippen molar-refractivity contribution in [1.82, 2.24) is 4.90 Å². The van der Waals surface area contributed by atoms with Crippen molar-refractivity contribution in [2.75, 3.05) is 20.2 Å². The summed E-state index contributed by atoms with van der Waals surface area (Å²) >= 11 is 0. The lowest BCUT2D eigenvalue weighted by Gasteiger charge is -2.28. The van der Waals surface area contributed by atoms with Crippen LogP contribution >= 0.6 is 0 Å². The van der Waals surface area contributed by atoms with Crippen LogP contribution in [-0.2, 0) is 14.3 Å². The maximum atomic E-state index is 12.4. The van der Waals surface area contributed by atoms with Crippen LogP contribution in [0.2, 0.25) is 0 Å². The zero-order valence-corrected chi connectivity index (χ0v) is 11.4. The Morgan fingerprint density at radius 3 is 2.56 bits per heavy atom. The molecule has 3 atom stereocenters. The first kappa shape index (κ1) is 13.4. The molecule has 4 nitrogen and oxygen atoms in total. The minimum absolute atomic E-state index is 0.223. The first-order valence-corrected chi connectivity index (χ1v) is 7.01. The summed E-state index contributed by atoms with van der Waals surface area (Å²) in [7, 11) is 1.39. The Bertz CT molecular complexity index is 329. The summed E-state index contributed by atoms with van der Waals surface area (Å²) in [5.74, 6) is 1.63. The number of carbonyl (C=O) groups is 2. The zero-order valence-electron chi connectivity index (χ0n) is 11.4. The van der Waals surface area contributed by atoms with Crippen molar-refractivity contribution in [2.45, 2.75) is 39.0 Å². The lowest BCUT2D eigenvalue weighted by Crippen LogP contribution is -2.39. The molecule has 102 valence electrons. The van der Waals surface area contributed by atoms with Gasteiger partial charge in [-0.3, -0.25) is 9.59 Å². The molecular weight excluding hydrogens is 230 g/mol. The maximum Gasteiger partial charge on any atom is 0.307 e. The lowest BCUT2D eigenvalue weighted by atomic mass is 9.87. The summed E-state index contributed by atoms with van der Waals surface area (Å²) in [4.78, 5) is 25.4. The number of amides is 1. The molecule has 2 aliphatic carbocycles. The molecule has 18 heavy (non-hydrogen) atoms. The quantitative estimate of drug-likeness (QED) is 0.702. The minimum Gasteiger partial charge on any atom is -0.469 e. The van der Waals surface area contributed by atoms with Crippen molar-refractivity contribution in [3.8, 4) is 0 Å². The standard InChI is InChI=1S/C14H23NO3/c1-3-15(7-6-13(16)18-2)14(17)12-9-10-4-5-11(12)8-10/h10-12H,3-9H2,1-2H3. The second-order valence-electron chi connectivity index (χ2n) is 5.53. The first-order valence-electron chi connectivity index (χ1n) is 7.01. The second-order valence-corrected chi connectivity index (χ2v) is 5.53. The largest absolute Gasteiger partial charge is 0.469 e. The van der Waals surface area contributed by atoms with Gasteiger partial charge in [0, 0.05) is 19.0 Å². The van der Waals surface area contributed by atoms with Crippen molar-refractivity contribution in [3.05, 3.63) is 0 Å². The molecule has 2 aliphatic rings. The number of nitrogens with zero attached hydrogens (tertiary/aromatic N) is 1. The Labute approximate surface area is 109 Å². The van der Waals surface area contributed by atoms with Crippen molar-refractivity contribution >= 4 is 11.9 Å². The highest BCUT2D eigenvalue weighted by atomic mass is 16.5. The lowest BCUT2D eigenvalue weighted by molar-refractivity contribution is -0.142. The highest BCUT2D eigenvalue weighted by Gasteiger charge is 2.44. The minimum atomic E-state index is -0.241. The van der Waals surface area contributed by atoms with Crippen molar-refractivity contribution in [1.29, 1.82) is 0 Å². The fourth-order valence-corrected chi connectivity index (χ4v) is 3.53. The molecule has 2 fully saturated rings. The predicted octanol–water partition coefficient (Wildman–Crippen LogP) is 1.83. The molecule has 0 aliphatic heterocycles. The number of fused-ring (bicyclic) bond motifs is 2. The van der Waals surface area contributed by atoms with Crippen LogP contribution in [0.4, 0.5) is 0 Å². The average molecular weight is 253 g/mol. The molecule has 1 amide bonds. The van der Waals surface area contributed by atoms with Gasteiger partial charge in [0.1, 0.15) is 0 Å². The van der Waals surface area contributed by atoms with E-state index in [1.54, 1.807) is 0 Å². The van der Waals surface area contributed by atoms with Gasteiger partial charge in [-0.2, -0.15) is 0 Å². The van der Waals surface area contributed by atoms with Crippen molar-refractivity contribution < 1.29 is 14.3 Å². The number of hydrogen-bond donors (Lipinski definition) is 0. The van der Waals surface area contributed by atoms with Crippen LogP contribution in [0.15, 0.2) is 0 Å². The summed E-state index contributed by atoms with van der Waals surface area (Å²) in [6.45, 7) is 3.15. The molecule has 0 saturated heterocycles. The van der Waals surface area contributed by atoms with Crippen LogP contribution in [0.3, 0.4) is 0 Å². The molecule has 0 heterocycles. The fourth-order valence-electron chi connectivity index (χ4n) is 3.53. The molecule has 2 rings (SSSR count). The van der Waals surface area contributed by atoms with E-state index in [0.29, 0.717) is 25.4 Å². The highest BCUT2D eigenvalue weighted by molar-refractivity contribution is 5.80. The topological polar surface area (TPSA) is 46.6 Å². The van der Waals surface area contributed by atoms with Gasteiger partial charge in [-0.1, -0.05) is 6.42 Å². The Kier molecular flexibility index (Phi) is 4.25. The average Bonchev–Trinajstić information content (AvgIpc) is 3.01. The second kappa shape index (κ2) is 5.72. The number of rotatable bonds is 5. The van der Waals surface area contributed by atoms with E-state index < -0.39 is 0 Å². The number of ether oxygens (including phenoxy) is 1. The van der Waals surface area contributed by atoms with Gasteiger partial charge in [-0.05, 0) is 38.0 Å². The molecule has 0 spiro atoms. The van der Waals surface area contributed by atoms with Crippen LogP contribution in [-0.4, -0.2) is 37.0 Å². The van der Waals surface area contributed by atoms with E-state index in [-0.39, 0.29) is 17.8 Å². The van der Waals surface area contributed by atoms with E-state index in [4.69, 9.17) is 0 Å². The fraction of sp³-hybridized carbons (Fsp3) is 0.857.